The molecule has 0 radical (unpaired) electrons. The van der Waals surface area contributed by atoms with Gasteiger partial charge in [-0.25, -0.2) is 9.47 Å². The van der Waals surface area contributed by atoms with Gasteiger partial charge in [-0.05, 0) is 31.0 Å². The van der Waals surface area contributed by atoms with Crippen molar-refractivity contribution in [1.82, 2.24) is 25.5 Å². The fourth-order valence-electron chi connectivity index (χ4n) is 2.81. The topological polar surface area (TPSA) is 115 Å². The Morgan fingerprint density at radius 3 is 2.70 bits per heavy atom. The summed E-state index contributed by atoms with van der Waals surface area (Å²) >= 11 is 13.1. The first-order valence-corrected chi connectivity index (χ1v) is 10.1. The van der Waals surface area contributed by atoms with E-state index in [1.165, 1.54) is 4.68 Å². The minimum Gasteiger partial charge on any atom is -0.335 e. The molecule has 1 fully saturated rings. The summed E-state index contributed by atoms with van der Waals surface area (Å²) in [6, 6.07) is 4.60. The predicted molar refractivity (Wildman–Crippen MR) is 105 cm³/mol. The monoisotopic (exact) mass is 428 g/mol. The van der Waals surface area contributed by atoms with E-state index in [0.717, 1.165) is 37.4 Å². The van der Waals surface area contributed by atoms with Gasteiger partial charge in [0.05, 0.1) is 10.8 Å². The number of nitrogen functional groups attached to an aromatic ring is 1. The van der Waals surface area contributed by atoms with Crippen LogP contribution >= 0.6 is 35.0 Å². The lowest BCUT2D eigenvalue weighted by Crippen LogP contribution is -2.44. The van der Waals surface area contributed by atoms with E-state index in [1.54, 1.807) is 18.2 Å². The largest absolute Gasteiger partial charge is 0.335 e. The van der Waals surface area contributed by atoms with Crippen molar-refractivity contribution < 1.29 is 9.59 Å². The van der Waals surface area contributed by atoms with Crippen molar-refractivity contribution in [3.05, 3.63) is 28.2 Å². The highest BCUT2D eigenvalue weighted by Gasteiger charge is 2.19. The number of nitrogens with two attached hydrogens (primary N) is 1. The van der Waals surface area contributed by atoms with Gasteiger partial charge in [0, 0.05) is 16.6 Å². The molecule has 11 heteroatoms. The van der Waals surface area contributed by atoms with Crippen molar-refractivity contribution in [3.8, 4) is 11.4 Å². The molecule has 1 heterocycles. The van der Waals surface area contributed by atoms with Crippen molar-refractivity contribution in [1.29, 1.82) is 0 Å². The number of hydrogen-bond acceptors (Lipinski definition) is 6. The second-order valence-electron chi connectivity index (χ2n) is 6.09. The summed E-state index contributed by atoms with van der Waals surface area (Å²) in [5.41, 5.74) is 0.573. The van der Waals surface area contributed by atoms with Crippen LogP contribution < -0.4 is 16.5 Å². The Morgan fingerprint density at radius 1 is 1.26 bits per heavy atom. The average Bonchev–Trinajstić information content (AvgIpc) is 3.23. The third kappa shape index (κ3) is 5.06. The van der Waals surface area contributed by atoms with Crippen molar-refractivity contribution in [3.63, 3.8) is 0 Å². The number of carbonyl (C=O) groups is 2. The maximum absolute atomic E-state index is 12.0. The van der Waals surface area contributed by atoms with Crippen LogP contribution in [-0.4, -0.2) is 38.6 Å². The Balaban J connectivity index is 1.56. The first-order chi connectivity index (χ1) is 12.9. The van der Waals surface area contributed by atoms with Crippen LogP contribution in [-0.2, 0) is 4.79 Å². The summed E-state index contributed by atoms with van der Waals surface area (Å²) in [5, 5.41) is 14.3. The number of urea groups is 1. The first kappa shape index (κ1) is 19.8. The van der Waals surface area contributed by atoms with Crippen LogP contribution in [0.15, 0.2) is 23.4 Å². The highest BCUT2D eigenvalue weighted by molar-refractivity contribution is 7.99. The van der Waals surface area contributed by atoms with Crippen LogP contribution in [0.3, 0.4) is 0 Å². The number of imide groups is 1. The van der Waals surface area contributed by atoms with E-state index in [2.05, 4.69) is 20.8 Å². The van der Waals surface area contributed by atoms with Gasteiger partial charge < -0.3 is 11.2 Å². The number of benzene rings is 1. The van der Waals surface area contributed by atoms with E-state index in [1.807, 2.05) is 0 Å². The Hall–Kier alpha value is -1.97. The van der Waals surface area contributed by atoms with Crippen molar-refractivity contribution in [2.24, 2.45) is 0 Å². The molecule has 0 saturated heterocycles. The smallest absolute Gasteiger partial charge is 0.321 e. The summed E-state index contributed by atoms with van der Waals surface area (Å²) in [7, 11) is 0. The fourth-order valence-corrected chi connectivity index (χ4v) is 3.96. The molecular weight excluding hydrogens is 411 g/mol. The standard InChI is InChI=1S/C16H18Cl2N6O2S/c17-9-5-6-11(12(18)7-9)14-22-23-16(24(14)19)27-8-13(25)21-15(26)20-10-3-1-2-4-10/h5-7,10H,1-4,8,19H2,(H2,20,21,25,26). The number of thioether (sulfide) groups is 1. The maximum atomic E-state index is 12.0. The molecule has 2 aromatic rings. The van der Waals surface area contributed by atoms with Gasteiger partial charge in [-0.1, -0.05) is 47.8 Å². The number of rotatable bonds is 5. The molecule has 0 spiro atoms. The van der Waals surface area contributed by atoms with Crippen LogP contribution in [0.4, 0.5) is 4.79 Å². The normalized spacial score (nSPS) is 14.3. The summed E-state index contributed by atoms with van der Waals surface area (Å²) in [6.45, 7) is 0. The third-order valence-corrected chi connectivity index (χ3v) is 5.60. The van der Waals surface area contributed by atoms with E-state index in [0.29, 0.717) is 26.6 Å². The molecule has 3 rings (SSSR count). The van der Waals surface area contributed by atoms with Gasteiger partial charge in [0.1, 0.15) is 0 Å². The van der Waals surface area contributed by atoms with E-state index in [9.17, 15) is 9.59 Å². The molecule has 0 bridgehead atoms. The zero-order valence-corrected chi connectivity index (χ0v) is 16.6. The van der Waals surface area contributed by atoms with E-state index in [4.69, 9.17) is 29.0 Å². The average molecular weight is 429 g/mol. The Bertz CT molecular complexity index is 853. The molecule has 0 unspecified atom stereocenters. The Morgan fingerprint density at radius 2 is 2.00 bits per heavy atom. The number of amides is 3. The number of aromatic nitrogens is 3. The molecule has 8 nitrogen and oxygen atoms in total. The molecular formula is C16H18Cl2N6O2S. The van der Waals surface area contributed by atoms with E-state index in [-0.39, 0.29) is 11.8 Å². The highest BCUT2D eigenvalue weighted by Crippen LogP contribution is 2.30. The molecule has 0 aliphatic heterocycles. The number of nitrogens with zero attached hydrogens (tertiary/aromatic N) is 3. The summed E-state index contributed by atoms with van der Waals surface area (Å²) in [6.07, 6.45) is 4.09. The maximum Gasteiger partial charge on any atom is 0.321 e. The van der Waals surface area contributed by atoms with Crippen molar-refractivity contribution in [2.75, 3.05) is 11.6 Å². The zero-order valence-electron chi connectivity index (χ0n) is 14.2. The minimum absolute atomic E-state index is 0.0260. The van der Waals surface area contributed by atoms with Crippen LogP contribution in [0, 0.1) is 0 Å². The Labute approximate surface area is 170 Å². The molecule has 144 valence electrons. The fraction of sp³-hybridized carbons (Fsp3) is 0.375. The lowest BCUT2D eigenvalue weighted by Gasteiger charge is -2.12. The minimum atomic E-state index is -0.477. The predicted octanol–water partition coefficient (Wildman–Crippen LogP) is 2.83. The van der Waals surface area contributed by atoms with Crippen LogP contribution in [0.25, 0.3) is 11.4 Å². The molecule has 4 N–H and O–H groups in total. The third-order valence-electron chi connectivity index (χ3n) is 4.11. The van der Waals surface area contributed by atoms with E-state index >= 15 is 0 Å². The van der Waals surface area contributed by atoms with Gasteiger partial charge in [0.15, 0.2) is 5.82 Å². The molecule has 1 aliphatic carbocycles. The van der Waals surface area contributed by atoms with Gasteiger partial charge in [-0.3, -0.25) is 10.1 Å². The van der Waals surface area contributed by atoms with Crippen molar-refractivity contribution in [2.45, 2.75) is 36.9 Å². The van der Waals surface area contributed by atoms with Gasteiger partial charge in [-0.2, -0.15) is 0 Å². The lowest BCUT2D eigenvalue weighted by molar-refractivity contribution is -0.117. The second-order valence-corrected chi connectivity index (χ2v) is 7.88. The first-order valence-electron chi connectivity index (χ1n) is 8.33. The summed E-state index contributed by atoms with van der Waals surface area (Å²) in [5.74, 6) is 5.89. The van der Waals surface area contributed by atoms with Gasteiger partial charge in [-0.15, -0.1) is 10.2 Å². The SMILES string of the molecule is Nn1c(SCC(=O)NC(=O)NC2CCCC2)nnc1-c1ccc(Cl)cc1Cl. The van der Waals surface area contributed by atoms with Gasteiger partial charge >= 0.3 is 6.03 Å². The molecule has 1 aromatic carbocycles. The highest BCUT2D eigenvalue weighted by atomic mass is 35.5. The van der Waals surface area contributed by atoms with Crippen LogP contribution in [0.1, 0.15) is 25.7 Å². The van der Waals surface area contributed by atoms with Gasteiger partial charge in [0.2, 0.25) is 11.1 Å². The van der Waals surface area contributed by atoms with Gasteiger partial charge in [0.25, 0.3) is 0 Å². The number of carbonyl (C=O) groups excluding carboxylic acids is 2. The summed E-state index contributed by atoms with van der Waals surface area (Å²) in [4.78, 5) is 23.8. The van der Waals surface area contributed by atoms with E-state index < -0.39 is 11.9 Å². The zero-order chi connectivity index (χ0) is 19.4. The molecule has 1 aromatic heterocycles. The molecule has 1 saturated carbocycles. The number of nitrogens with one attached hydrogen (secondary N) is 2. The second kappa shape index (κ2) is 8.81. The molecule has 27 heavy (non-hydrogen) atoms. The summed E-state index contributed by atoms with van der Waals surface area (Å²) < 4.78 is 1.24. The lowest BCUT2D eigenvalue weighted by atomic mass is 10.2. The Kier molecular flexibility index (Phi) is 6.46. The van der Waals surface area contributed by atoms with Crippen LogP contribution in [0.5, 0.6) is 0 Å². The van der Waals surface area contributed by atoms with Crippen molar-refractivity contribution >= 4 is 46.9 Å². The molecule has 3 amide bonds. The quantitative estimate of drug-likeness (QED) is 0.498. The van der Waals surface area contributed by atoms with Crippen LogP contribution in [0.2, 0.25) is 10.0 Å². The molecule has 1 aliphatic rings. The number of halogens is 2. The molecule has 0 atom stereocenters. The number of hydrogen-bond donors (Lipinski definition) is 3.